The maximum Gasteiger partial charge on any atom is 0.244 e. The molecule has 0 saturated heterocycles. The Kier molecular flexibility index (Phi) is 3.85. The van der Waals surface area contributed by atoms with Crippen molar-refractivity contribution in [3.63, 3.8) is 0 Å². The molecule has 0 bridgehead atoms. The highest BCUT2D eigenvalue weighted by atomic mass is 127. The molecule has 0 heterocycles. The molecule has 46 valence electrons. The van der Waals surface area contributed by atoms with Gasteiger partial charge in [0.25, 0.3) is 0 Å². The van der Waals surface area contributed by atoms with Gasteiger partial charge >= 0.3 is 0 Å². The SMILES string of the molecule is CNC(=O)/C=C(/C)I. The van der Waals surface area contributed by atoms with Gasteiger partial charge in [-0.2, -0.15) is 0 Å². The molecule has 0 fully saturated rings. The molecule has 0 rings (SSSR count). The van der Waals surface area contributed by atoms with Gasteiger partial charge in [0.05, 0.1) is 0 Å². The van der Waals surface area contributed by atoms with E-state index in [1.807, 2.05) is 6.92 Å². The van der Waals surface area contributed by atoms with Crippen molar-refractivity contribution < 1.29 is 4.79 Å². The number of likely N-dealkylation sites (N-methyl/N-ethyl adjacent to an activating group) is 1. The lowest BCUT2D eigenvalue weighted by atomic mass is 10.5. The smallest absolute Gasteiger partial charge is 0.244 e. The van der Waals surface area contributed by atoms with Crippen molar-refractivity contribution in [2.75, 3.05) is 7.05 Å². The standard InChI is InChI=1S/C5H8INO/c1-4(6)3-5(8)7-2/h3H,1-2H3,(H,7,8)/b4-3-. The Bertz CT molecular complexity index is 116. The fourth-order valence-corrected chi connectivity index (χ4v) is 0.536. The third-order valence-corrected chi connectivity index (χ3v) is 0.888. The average molecular weight is 225 g/mol. The number of nitrogens with one attached hydrogen (secondary N) is 1. The number of amides is 1. The number of halogens is 1. The highest BCUT2D eigenvalue weighted by molar-refractivity contribution is 14.1. The van der Waals surface area contributed by atoms with Gasteiger partial charge in [0.2, 0.25) is 5.91 Å². The summed E-state index contributed by atoms with van der Waals surface area (Å²) < 4.78 is 0.988. The largest absolute Gasteiger partial charge is 0.356 e. The predicted octanol–water partition coefficient (Wildman–Crippen LogP) is 1.07. The minimum Gasteiger partial charge on any atom is -0.356 e. The molecule has 0 aliphatic carbocycles. The Morgan fingerprint density at radius 3 is 2.38 bits per heavy atom. The number of allylic oxidation sites excluding steroid dienone is 1. The first kappa shape index (κ1) is 7.94. The van der Waals surface area contributed by atoms with Crippen LogP contribution in [0.25, 0.3) is 0 Å². The number of carbonyl (C=O) groups excluding carboxylic acids is 1. The van der Waals surface area contributed by atoms with E-state index >= 15 is 0 Å². The molecule has 0 aromatic rings. The highest BCUT2D eigenvalue weighted by Gasteiger charge is 1.87. The quantitative estimate of drug-likeness (QED) is 0.524. The molecule has 3 heteroatoms. The fourth-order valence-electron chi connectivity index (χ4n) is 0.253. The Hall–Kier alpha value is -0.0600. The van der Waals surface area contributed by atoms with E-state index in [0.717, 1.165) is 3.58 Å². The van der Waals surface area contributed by atoms with Gasteiger partial charge in [0, 0.05) is 13.1 Å². The van der Waals surface area contributed by atoms with Crippen LogP contribution in [-0.4, -0.2) is 13.0 Å². The van der Waals surface area contributed by atoms with Crippen LogP contribution in [0.1, 0.15) is 6.92 Å². The van der Waals surface area contributed by atoms with Gasteiger partial charge in [-0.3, -0.25) is 4.79 Å². The van der Waals surface area contributed by atoms with Crippen LogP contribution in [0.2, 0.25) is 0 Å². The van der Waals surface area contributed by atoms with Gasteiger partial charge in [0.15, 0.2) is 0 Å². The summed E-state index contributed by atoms with van der Waals surface area (Å²) in [5, 5.41) is 2.48. The summed E-state index contributed by atoms with van der Waals surface area (Å²) in [5.74, 6) is -0.0445. The molecule has 2 nitrogen and oxygen atoms in total. The number of rotatable bonds is 1. The van der Waals surface area contributed by atoms with Crippen LogP contribution in [0.4, 0.5) is 0 Å². The summed E-state index contributed by atoms with van der Waals surface area (Å²) in [5.41, 5.74) is 0. The van der Waals surface area contributed by atoms with Crippen molar-refractivity contribution in [1.82, 2.24) is 5.32 Å². The fraction of sp³-hybridized carbons (Fsp3) is 0.400. The van der Waals surface area contributed by atoms with Gasteiger partial charge in [-0.15, -0.1) is 0 Å². The van der Waals surface area contributed by atoms with Gasteiger partial charge in [-0.1, -0.05) is 0 Å². The molecule has 0 aromatic heterocycles. The van der Waals surface area contributed by atoms with E-state index in [1.165, 1.54) is 0 Å². The van der Waals surface area contributed by atoms with Crippen LogP contribution in [-0.2, 0) is 4.79 Å². The van der Waals surface area contributed by atoms with Gasteiger partial charge in [0.1, 0.15) is 0 Å². The second kappa shape index (κ2) is 3.88. The Balaban J connectivity index is 3.70. The number of hydrogen-bond acceptors (Lipinski definition) is 1. The minimum absolute atomic E-state index is 0.0445. The molecule has 0 radical (unpaired) electrons. The summed E-state index contributed by atoms with van der Waals surface area (Å²) in [6, 6.07) is 0. The lowest BCUT2D eigenvalue weighted by Gasteiger charge is -1.88. The van der Waals surface area contributed by atoms with Gasteiger partial charge in [-0.25, -0.2) is 0 Å². The first-order chi connectivity index (χ1) is 3.66. The molecule has 0 aliphatic rings. The summed E-state index contributed by atoms with van der Waals surface area (Å²) in [6.07, 6.45) is 1.54. The van der Waals surface area contributed by atoms with E-state index in [-0.39, 0.29) is 5.91 Å². The molecule has 8 heavy (non-hydrogen) atoms. The zero-order chi connectivity index (χ0) is 6.57. The molecule has 1 amide bonds. The average Bonchev–Trinajstić information content (AvgIpc) is 1.65. The van der Waals surface area contributed by atoms with E-state index in [9.17, 15) is 4.79 Å². The second-order valence-corrected chi connectivity index (χ2v) is 3.05. The summed E-state index contributed by atoms with van der Waals surface area (Å²) >= 11 is 2.08. The topological polar surface area (TPSA) is 29.1 Å². The van der Waals surface area contributed by atoms with Crippen LogP contribution in [0.3, 0.4) is 0 Å². The molecule has 0 spiro atoms. The van der Waals surface area contributed by atoms with Gasteiger partial charge in [-0.05, 0) is 33.1 Å². The van der Waals surface area contributed by atoms with E-state index in [1.54, 1.807) is 13.1 Å². The van der Waals surface area contributed by atoms with Crippen LogP contribution >= 0.6 is 22.6 Å². The van der Waals surface area contributed by atoms with Crippen molar-refractivity contribution in [3.05, 3.63) is 9.66 Å². The first-order valence-corrected chi connectivity index (χ1v) is 3.30. The molecule has 0 atom stereocenters. The van der Waals surface area contributed by atoms with E-state index in [4.69, 9.17) is 0 Å². The third kappa shape index (κ3) is 4.11. The van der Waals surface area contributed by atoms with E-state index in [0.29, 0.717) is 0 Å². The summed E-state index contributed by atoms with van der Waals surface area (Å²) in [4.78, 5) is 10.4. The minimum atomic E-state index is -0.0445. The molecule has 0 aromatic carbocycles. The van der Waals surface area contributed by atoms with Crippen molar-refractivity contribution in [2.45, 2.75) is 6.92 Å². The zero-order valence-corrected chi connectivity index (χ0v) is 7.02. The highest BCUT2D eigenvalue weighted by Crippen LogP contribution is 2.00. The Morgan fingerprint density at radius 2 is 2.25 bits per heavy atom. The normalized spacial score (nSPS) is 11.1. The van der Waals surface area contributed by atoms with Crippen LogP contribution in [0.5, 0.6) is 0 Å². The van der Waals surface area contributed by atoms with Crippen molar-refractivity contribution in [1.29, 1.82) is 0 Å². The molecule has 1 N–H and O–H groups in total. The third-order valence-electron chi connectivity index (χ3n) is 0.576. The molecular formula is C5H8INO. The van der Waals surface area contributed by atoms with E-state index < -0.39 is 0 Å². The van der Waals surface area contributed by atoms with E-state index in [2.05, 4.69) is 27.9 Å². The van der Waals surface area contributed by atoms with Crippen molar-refractivity contribution >= 4 is 28.5 Å². The zero-order valence-electron chi connectivity index (χ0n) is 4.86. The lowest BCUT2D eigenvalue weighted by molar-refractivity contribution is -0.116. The molecule has 0 aliphatic heterocycles. The summed E-state index contributed by atoms with van der Waals surface area (Å²) in [6.45, 7) is 1.87. The molecule has 0 saturated carbocycles. The maximum atomic E-state index is 10.4. The lowest BCUT2D eigenvalue weighted by Crippen LogP contribution is -2.14. The van der Waals surface area contributed by atoms with Gasteiger partial charge < -0.3 is 5.32 Å². The monoisotopic (exact) mass is 225 g/mol. The van der Waals surface area contributed by atoms with Crippen molar-refractivity contribution in [2.24, 2.45) is 0 Å². The van der Waals surface area contributed by atoms with Crippen molar-refractivity contribution in [3.8, 4) is 0 Å². The maximum absolute atomic E-state index is 10.4. The Labute approximate surface area is 62.5 Å². The number of hydrogen-bond donors (Lipinski definition) is 1. The Morgan fingerprint density at radius 1 is 1.75 bits per heavy atom. The molecular weight excluding hydrogens is 217 g/mol. The van der Waals surface area contributed by atoms with Crippen LogP contribution in [0.15, 0.2) is 9.66 Å². The predicted molar refractivity (Wildman–Crippen MR) is 41.8 cm³/mol. The van der Waals surface area contributed by atoms with Crippen LogP contribution < -0.4 is 5.32 Å². The summed E-state index contributed by atoms with van der Waals surface area (Å²) in [7, 11) is 1.61. The first-order valence-electron chi connectivity index (χ1n) is 2.22. The number of carbonyl (C=O) groups is 1. The molecule has 0 unspecified atom stereocenters. The second-order valence-electron chi connectivity index (χ2n) is 1.35. The van der Waals surface area contributed by atoms with Crippen LogP contribution in [0, 0.1) is 0 Å².